The molecule has 1 aromatic carbocycles. The van der Waals surface area contributed by atoms with Crippen LogP contribution in [0.15, 0.2) is 49.6 Å². The van der Waals surface area contributed by atoms with Crippen molar-refractivity contribution in [3.05, 3.63) is 55.1 Å². The van der Waals surface area contributed by atoms with E-state index in [1.54, 1.807) is 53.9 Å². The highest BCUT2D eigenvalue weighted by Gasteiger charge is 2.40. The largest absolute Gasteiger partial charge is 0.497 e. The van der Waals surface area contributed by atoms with Crippen molar-refractivity contribution in [2.45, 2.75) is 52.7 Å². The van der Waals surface area contributed by atoms with Gasteiger partial charge in [-0.15, -0.1) is 0 Å². The van der Waals surface area contributed by atoms with E-state index < -0.39 is 42.0 Å². The Morgan fingerprint density at radius 2 is 1.50 bits per heavy atom. The number of benzene rings is 1. The molecule has 3 amide bonds. The number of methoxy groups -OCH3 is 1. The van der Waals surface area contributed by atoms with E-state index in [0.717, 1.165) is 5.56 Å². The minimum Gasteiger partial charge on any atom is -0.497 e. The molecule has 0 saturated heterocycles. The highest BCUT2D eigenvalue weighted by Crippen LogP contribution is 2.29. The number of hydrogen-bond acceptors (Lipinski definition) is 7. The first-order valence-electron chi connectivity index (χ1n) is 12.5. The normalized spacial score (nSPS) is 13.1. The quantitative estimate of drug-likeness (QED) is 0.263. The Labute approximate surface area is 225 Å². The second kappa shape index (κ2) is 16.1. The van der Waals surface area contributed by atoms with Gasteiger partial charge < -0.3 is 29.7 Å². The lowest BCUT2D eigenvalue weighted by atomic mass is 9.93. The van der Waals surface area contributed by atoms with Crippen LogP contribution in [-0.2, 0) is 23.9 Å². The lowest BCUT2D eigenvalue weighted by Gasteiger charge is -2.40. The molecular formula is C28H41N3O7. The third-order valence-electron chi connectivity index (χ3n) is 5.78. The van der Waals surface area contributed by atoms with Crippen molar-refractivity contribution in [2.24, 2.45) is 11.8 Å². The van der Waals surface area contributed by atoms with Crippen molar-refractivity contribution in [3.8, 4) is 5.75 Å². The van der Waals surface area contributed by atoms with Crippen molar-refractivity contribution in [1.82, 2.24) is 15.5 Å². The maximum Gasteiger partial charge on any atom is 0.408 e. The minimum absolute atomic E-state index is 0.0181. The van der Waals surface area contributed by atoms with Gasteiger partial charge in [0, 0.05) is 0 Å². The molecule has 0 saturated carbocycles. The Morgan fingerprint density at radius 1 is 0.921 bits per heavy atom. The average molecular weight is 532 g/mol. The highest BCUT2D eigenvalue weighted by molar-refractivity contribution is 5.93. The zero-order valence-electron chi connectivity index (χ0n) is 23.2. The van der Waals surface area contributed by atoms with Crippen LogP contribution < -0.4 is 15.4 Å². The molecule has 0 radical (unpaired) electrons. The lowest BCUT2D eigenvalue weighted by Crippen LogP contribution is -2.59. The fourth-order valence-electron chi connectivity index (χ4n) is 3.81. The molecule has 0 spiro atoms. The number of rotatable bonds is 15. The first-order valence-corrected chi connectivity index (χ1v) is 12.5. The summed E-state index contributed by atoms with van der Waals surface area (Å²) >= 11 is 0. The molecule has 210 valence electrons. The van der Waals surface area contributed by atoms with Gasteiger partial charge in [-0.3, -0.25) is 14.4 Å². The lowest BCUT2D eigenvalue weighted by molar-refractivity contribution is -0.148. The van der Waals surface area contributed by atoms with Gasteiger partial charge in [0.25, 0.3) is 0 Å². The number of carbonyl (C=O) groups excluding carboxylic acids is 4. The molecule has 0 aliphatic rings. The SMILES string of the molecule is C=CCOC(=O)CNC(=O)[C@@H](C(C)C)N(C(=O)[C@@H](NC(=O)OCC=C)C(C)C)[C@H](C)c1ccc(OC)cc1. The molecule has 0 heterocycles. The van der Waals surface area contributed by atoms with Crippen LogP contribution in [0.25, 0.3) is 0 Å². The Kier molecular flexibility index (Phi) is 13.7. The van der Waals surface area contributed by atoms with E-state index in [-0.39, 0.29) is 31.6 Å². The van der Waals surface area contributed by atoms with Crippen molar-refractivity contribution < 1.29 is 33.4 Å². The van der Waals surface area contributed by atoms with Crippen LogP contribution >= 0.6 is 0 Å². The van der Waals surface area contributed by atoms with E-state index in [1.165, 1.54) is 17.1 Å². The molecular weight excluding hydrogens is 490 g/mol. The molecule has 0 aliphatic heterocycles. The van der Waals surface area contributed by atoms with Crippen LogP contribution in [0.3, 0.4) is 0 Å². The summed E-state index contributed by atoms with van der Waals surface area (Å²) in [6, 6.07) is 4.60. The van der Waals surface area contributed by atoms with Crippen molar-refractivity contribution in [2.75, 3.05) is 26.9 Å². The Morgan fingerprint density at radius 3 is 2.00 bits per heavy atom. The average Bonchev–Trinajstić information content (AvgIpc) is 2.89. The summed E-state index contributed by atoms with van der Waals surface area (Å²) < 4.78 is 15.2. The van der Waals surface area contributed by atoms with Gasteiger partial charge in [0.1, 0.15) is 37.6 Å². The Hall–Kier alpha value is -3.82. The van der Waals surface area contributed by atoms with Crippen molar-refractivity contribution >= 4 is 23.9 Å². The monoisotopic (exact) mass is 531 g/mol. The van der Waals surface area contributed by atoms with Gasteiger partial charge >= 0.3 is 12.1 Å². The van der Waals surface area contributed by atoms with Crippen LogP contribution in [0.4, 0.5) is 4.79 Å². The Balaban J connectivity index is 3.44. The fraction of sp³-hybridized carbons (Fsp3) is 0.500. The summed E-state index contributed by atoms with van der Waals surface area (Å²) in [5.74, 6) is -1.66. The number of nitrogens with zero attached hydrogens (tertiary/aromatic N) is 1. The maximum atomic E-state index is 14.1. The molecule has 0 fully saturated rings. The van der Waals surface area contributed by atoms with Gasteiger partial charge in [0.05, 0.1) is 13.2 Å². The van der Waals surface area contributed by atoms with Crippen LogP contribution in [-0.4, -0.2) is 67.7 Å². The van der Waals surface area contributed by atoms with Crippen LogP contribution in [0, 0.1) is 11.8 Å². The zero-order valence-corrected chi connectivity index (χ0v) is 23.2. The van der Waals surface area contributed by atoms with Crippen molar-refractivity contribution in [1.29, 1.82) is 0 Å². The predicted octanol–water partition coefficient (Wildman–Crippen LogP) is 3.39. The third kappa shape index (κ3) is 9.57. The minimum atomic E-state index is -0.986. The number of esters is 1. The first kappa shape index (κ1) is 32.2. The third-order valence-corrected chi connectivity index (χ3v) is 5.78. The molecule has 1 aromatic rings. The molecule has 38 heavy (non-hydrogen) atoms. The number of carbonyl (C=O) groups is 4. The first-order chi connectivity index (χ1) is 18.0. The molecule has 0 unspecified atom stereocenters. The van der Waals surface area contributed by atoms with Gasteiger partial charge in [0.15, 0.2) is 0 Å². The van der Waals surface area contributed by atoms with Gasteiger partial charge in [-0.2, -0.15) is 0 Å². The number of amides is 3. The second-order valence-corrected chi connectivity index (χ2v) is 9.33. The van der Waals surface area contributed by atoms with Gasteiger partial charge in [-0.05, 0) is 36.5 Å². The molecule has 0 bridgehead atoms. The number of ether oxygens (including phenoxy) is 3. The van der Waals surface area contributed by atoms with Crippen molar-refractivity contribution in [3.63, 3.8) is 0 Å². The van der Waals surface area contributed by atoms with E-state index in [4.69, 9.17) is 14.2 Å². The second-order valence-electron chi connectivity index (χ2n) is 9.33. The maximum absolute atomic E-state index is 14.1. The molecule has 10 heteroatoms. The summed E-state index contributed by atoms with van der Waals surface area (Å²) in [7, 11) is 1.55. The van der Waals surface area contributed by atoms with Crippen LogP contribution in [0.5, 0.6) is 5.75 Å². The predicted molar refractivity (Wildman–Crippen MR) is 144 cm³/mol. The highest BCUT2D eigenvalue weighted by atomic mass is 16.5. The van der Waals surface area contributed by atoms with Gasteiger partial charge in [-0.1, -0.05) is 65.1 Å². The van der Waals surface area contributed by atoms with Gasteiger partial charge in [-0.25, -0.2) is 4.79 Å². The van der Waals surface area contributed by atoms with Crippen LogP contribution in [0.2, 0.25) is 0 Å². The van der Waals surface area contributed by atoms with E-state index in [9.17, 15) is 19.2 Å². The molecule has 10 nitrogen and oxygen atoms in total. The van der Waals surface area contributed by atoms with E-state index in [2.05, 4.69) is 23.8 Å². The smallest absolute Gasteiger partial charge is 0.408 e. The molecule has 2 N–H and O–H groups in total. The summed E-state index contributed by atoms with van der Waals surface area (Å²) in [5, 5.41) is 5.21. The molecule has 0 aromatic heterocycles. The molecule has 1 rings (SSSR count). The molecule has 3 atom stereocenters. The standard InChI is InChI=1S/C28H41N3O7/c1-9-15-37-23(32)17-29-26(33)25(19(5)6)31(20(7)21-11-13-22(36-8)14-12-21)27(34)24(18(3)4)30-28(35)38-16-10-2/h9-14,18-20,24-25H,1-2,15-17H2,3-8H3,(H,29,33)(H,30,35)/t20-,24+,25-/m1/s1. The Bertz CT molecular complexity index is 960. The van der Waals surface area contributed by atoms with E-state index in [0.29, 0.717) is 5.75 Å². The summed E-state index contributed by atoms with van der Waals surface area (Å²) in [4.78, 5) is 53.3. The fourth-order valence-corrected chi connectivity index (χ4v) is 3.81. The summed E-state index contributed by atoms with van der Waals surface area (Å²) in [6.45, 7) is 15.6. The number of nitrogens with one attached hydrogen (secondary N) is 2. The number of alkyl carbamates (subject to hydrolysis) is 1. The topological polar surface area (TPSA) is 123 Å². The van der Waals surface area contributed by atoms with Gasteiger partial charge in [0.2, 0.25) is 11.8 Å². The molecule has 0 aliphatic carbocycles. The van der Waals surface area contributed by atoms with E-state index in [1.807, 2.05) is 12.1 Å². The van der Waals surface area contributed by atoms with E-state index >= 15 is 0 Å². The summed E-state index contributed by atoms with van der Waals surface area (Å²) in [5.41, 5.74) is 0.750. The zero-order chi connectivity index (χ0) is 28.8. The van der Waals surface area contributed by atoms with Crippen LogP contribution in [0.1, 0.15) is 46.2 Å². The number of hydrogen-bond donors (Lipinski definition) is 2. The summed E-state index contributed by atoms with van der Waals surface area (Å²) in [6.07, 6.45) is 2.07.